The van der Waals surface area contributed by atoms with Crippen molar-refractivity contribution in [1.29, 1.82) is 5.26 Å². The number of nitrogens with two attached hydrogens (primary N) is 1. The van der Waals surface area contributed by atoms with Gasteiger partial charge in [-0.3, -0.25) is 0 Å². The molecule has 3 nitrogen and oxygen atoms in total. The molecule has 0 spiro atoms. The third-order valence-electron chi connectivity index (χ3n) is 2.57. The highest BCUT2D eigenvalue weighted by Gasteiger charge is 2.13. The standard InChI is InChI=1S/C14H9BrF2N2O/c15-9-6-11(16)14(17)13(7-9)20-10-1-2-12(19)8(5-10)3-4-18/h1-2,5-7H,3,19H2. The normalized spacial score (nSPS) is 10.1. The Morgan fingerprint density at radius 2 is 2.00 bits per heavy atom. The summed E-state index contributed by atoms with van der Waals surface area (Å²) in [6, 6.07) is 8.89. The van der Waals surface area contributed by atoms with Gasteiger partial charge in [0.1, 0.15) is 5.75 Å². The first kappa shape index (κ1) is 14.3. The number of hydrogen-bond acceptors (Lipinski definition) is 3. The Labute approximate surface area is 122 Å². The van der Waals surface area contributed by atoms with Gasteiger partial charge in [0.25, 0.3) is 0 Å². The summed E-state index contributed by atoms with van der Waals surface area (Å²) in [6.07, 6.45) is 0.109. The maximum absolute atomic E-state index is 13.6. The molecule has 0 radical (unpaired) electrons. The summed E-state index contributed by atoms with van der Waals surface area (Å²) >= 11 is 3.06. The molecule has 2 rings (SSSR count). The minimum atomic E-state index is -1.08. The second-order valence-corrected chi connectivity index (χ2v) is 4.91. The van der Waals surface area contributed by atoms with Crippen molar-refractivity contribution >= 4 is 21.6 Å². The van der Waals surface area contributed by atoms with E-state index in [2.05, 4.69) is 15.9 Å². The van der Waals surface area contributed by atoms with Gasteiger partial charge in [-0.2, -0.15) is 9.65 Å². The van der Waals surface area contributed by atoms with Crippen LogP contribution in [0.2, 0.25) is 0 Å². The number of nitrogen functional groups attached to an aromatic ring is 1. The highest BCUT2D eigenvalue weighted by molar-refractivity contribution is 9.10. The Morgan fingerprint density at radius 3 is 2.70 bits per heavy atom. The van der Waals surface area contributed by atoms with Gasteiger partial charge in [-0.1, -0.05) is 15.9 Å². The molecule has 6 heteroatoms. The summed E-state index contributed by atoms with van der Waals surface area (Å²) in [5.41, 5.74) is 6.71. The number of halogens is 3. The van der Waals surface area contributed by atoms with Crippen LogP contribution in [0.15, 0.2) is 34.8 Å². The Kier molecular flexibility index (Phi) is 4.20. The van der Waals surface area contributed by atoms with Crippen LogP contribution in [-0.2, 0) is 6.42 Å². The number of hydrogen-bond donors (Lipinski definition) is 1. The second-order valence-electron chi connectivity index (χ2n) is 4.00. The Balaban J connectivity index is 2.36. The number of anilines is 1. The van der Waals surface area contributed by atoms with Crippen molar-refractivity contribution in [3.63, 3.8) is 0 Å². The van der Waals surface area contributed by atoms with E-state index in [1.54, 1.807) is 6.07 Å². The van der Waals surface area contributed by atoms with Crippen molar-refractivity contribution < 1.29 is 13.5 Å². The van der Waals surface area contributed by atoms with Gasteiger partial charge in [-0.15, -0.1) is 0 Å². The number of rotatable bonds is 3. The molecule has 0 heterocycles. The van der Waals surface area contributed by atoms with Crippen LogP contribution in [0.3, 0.4) is 0 Å². The highest BCUT2D eigenvalue weighted by Crippen LogP contribution is 2.31. The summed E-state index contributed by atoms with van der Waals surface area (Å²) in [7, 11) is 0. The molecule has 0 saturated carbocycles. The lowest BCUT2D eigenvalue weighted by atomic mass is 10.1. The molecule has 2 aromatic carbocycles. The van der Waals surface area contributed by atoms with Crippen molar-refractivity contribution in [3.8, 4) is 17.6 Å². The zero-order valence-electron chi connectivity index (χ0n) is 10.2. The molecule has 0 aliphatic heterocycles. The molecule has 102 valence electrons. The zero-order chi connectivity index (χ0) is 14.7. The molecule has 2 N–H and O–H groups in total. The molecule has 0 unspecified atom stereocenters. The van der Waals surface area contributed by atoms with Gasteiger partial charge in [0, 0.05) is 10.2 Å². The summed E-state index contributed by atoms with van der Waals surface area (Å²) in [5, 5.41) is 8.68. The molecule has 0 amide bonds. The van der Waals surface area contributed by atoms with Crippen molar-refractivity contribution in [2.45, 2.75) is 6.42 Å². The fraction of sp³-hybridized carbons (Fsp3) is 0.0714. The fourth-order valence-corrected chi connectivity index (χ4v) is 2.03. The van der Waals surface area contributed by atoms with E-state index in [9.17, 15) is 8.78 Å². The average Bonchev–Trinajstić information content (AvgIpc) is 2.39. The quantitative estimate of drug-likeness (QED) is 0.674. The minimum absolute atomic E-state index is 0.109. The van der Waals surface area contributed by atoms with Gasteiger partial charge in [-0.25, -0.2) is 4.39 Å². The van der Waals surface area contributed by atoms with E-state index in [1.807, 2.05) is 6.07 Å². The van der Waals surface area contributed by atoms with E-state index in [1.165, 1.54) is 18.2 Å². The van der Waals surface area contributed by atoms with Crippen LogP contribution in [0, 0.1) is 23.0 Å². The van der Waals surface area contributed by atoms with E-state index in [-0.39, 0.29) is 17.9 Å². The largest absolute Gasteiger partial charge is 0.454 e. The van der Waals surface area contributed by atoms with E-state index in [0.29, 0.717) is 15.7 Å². The van der Waals surface area contributed by atoms with E-state index in [0.717, 1.165) is 6.07 Å². The summed E-state index contributed by atoms with van der Waals surface area (Å²) < 4.78 is 32.5. The lowest BCUT2D eigenvalue weighted by Gasteiger charge is -2.10. The van der Waals surface area contributed by atoms with Gasteiger partial charge in [0.15, 0.2) is 11.6 Å². The van der Waals surface area contributed by atoms with Crippen LogP contribution in [0.4, 0.5) is 14.5 Å². The fourth-order valence-electron chi connectivity index (χ4n) is 1.62. The highest BCUT2D eigenvalue weighted by atomic mass is 79.9. The maximum atomic E-state index is 13.6. The van der Waals surface area contributed by atoms with Gasteiger partial charge in [-0.05, 0) is 35.9 Å². The number of ether oxygens (including phenoxy) is 1. The predicted octanol–water partition coefficient (Wildman–Crippen LogP) is 4.17. The van der Waals surface area contributed by atoms with Crippen LogP contribution < -0.4 is 10.5 Å². The Morgan fingerprint density at radius 1 is 1.25 bits per heavy atom. The minimum Gasteiger partial charge on any atom is -0.454 e. The molecule has 0 atom stereocenters. The topological polar surface area (TPSA) is 59.0 Å². The number of nitriles is 1. The molecule has 0 fully saturated rings. The number of nitrogens with zero attached hydrogens (tertiary/aromatic N) is 1. The van der Waals surface area contributed by atoms with Gasteiger partial charge in [0.2, 0.25) is 5.82 Å². The lowest BCUT2D eigenvalue weighted by molar-refractivity contribution is 0.415. The molecular weight excluding hydrogens is 330 g/mol. The second kappa shape index (κ2) is 5.88. The van der Waals surface area contributed by atoms with Crippen LogP contribution in [-0.4, -0.2) is 0 Å². The van der Waals surface area contributed by atoms with Gasteiger partial charge in [0.05, 0.1) is 12.5 Å². The maximum Gasteiger partial charge on any atom is 0.201 e. The van der Waals surface area contributed by atoms with E-state index < -0.39 is 11.6 Å². The van der Waals surface area contributed by atoms with Crippen molar-refractivity contribution in [3.05, 3.63) is 52.0 Å². The molecule has 0 saturated heterocycles. The monoisotopic (exact) mass is 338 g/mol. The predicted molar refractivity (Wildman–Crippen MR) is 74.3 cm³/mol. The number of benzene rings is 2. The van der Waals surface area contributed by atoms with Crippen LogP contribution in [0.1, 0.15) is 5.56 Å². The Hall–Kier alpha value is -2.13. The molecule has 0 aromatic heterocycles. The SMILES string of the molecule is N#CCc1cc(Oc2cc(Br)cc(F)c2F)ccc1N. The van der Waals surface area contributed by atoms with Crippen molar-refractivity contribution in [1.82, 2.24) is 0 Å². The lowest BCUT2D eigenvalue weighted by Crippen LogP contribution is -1.96. The molecule has 20 heavy (non-hydrogen) atoms. The van der Waals surface area contributed by atoms with Crippen molar-refractivity contribution in [2.24, 2.45) is 0 Å². The zero-order valence-corrected chi connectivity index (χ0v) is 11.7. The molecule has 2 aromatic rings. The van der Waals surface area contributed by atoms with E-state index >= 15 is 0 Å². The van der Waals surface area contributed by atoms with Gasteiger partial charge < -0.3 is 10.5 Å². The van der Waals surface area contributed by atoms with Crippen LogP contribution in [0.25, 0.3) is 0 Å². The first-order valence-electron chi connectivity index (χ1n) is 5.59. The third-order valence-corrected chi connectivity index (χ3v) is 3.03. The summed E-state index contributed by atoms with van der Waals surface area (Å²) in [6.45, 7) is 0. The van der Waals surface area contributed by atoms with Crippen LogP contribution in [0.5, 0.6) is 11.5 Å². The first-order chi connectivity index (χ1) is 9.51. The average molecular weight is 339 g/mol. The molecular formula is C14H9BrF2N2O. The third kappa shape index (κ3) is 3.06. The Bertz CT molecular complexity index is 698. The molecule has 0 bridgehead atoms. The van der Waals surface area contributed by atoms with Crippen molar-refractivity contribution in [2.75, 3.05) is 5.73 Å². The molecule has 0 aliphatic carbocycles. The van der Waals surface area contributed by atoms with E-state index in [4.69, 9.17) is 15.7 Å². The first-order valence-corrected chi connectivity index (χ1v) is 6.38. The summed E-state index contributed by atoms with van der Waals surface area (Å²) in [4.78, 5) is 0. The summed E-state index contributed by atoms with van der Waals surface area (Å²) in [5.74, 6) is -2.06. The smallest absolute Gasteiger partial charge is 0.201 e. The van der Waals surface area contributed by atoms with Gasteiger partial charge >= 0.3 is 0 Å². The molecule has 0 aliphatic rings. The van der Waals surface area contributed by atoms with Crippen LogP contribution >= 0.6 is 15.9 Å².